The summed E-state index contributed by atoms with van der Waals surface area (Å²) in [5.74, 6) is 0.672. The van der Waals surface area contributed by atoms with Gasteiger partial charge in [0.2, 0.25) is 0 Å². The van der Waals surface area contributed by atoms with Gasteiger partial charge in [-0.25, -0.2) is 9.97 Å². The first-order valence-corrected chi connectivity index (χ1v) is 33.1. The number of rotatable bonds is 6. The minimum absolute atomic E-state index is 0.0900. The van der Waals surface area contributed by atoms with Crippen LogP contribution in [0.2, 0.25) is 0 Å². The van der Waals surface area contributed by atoms with E-state index in [0.717, 1.165) is 55.9 Å². The molecule has 13 aromatic carbocycles. The van der Waals surface area contributed by atoms with Crippen molar-refractivity contribution in [2.24, 2.45) is 0 Å². The Labute approximate surface area is 545 Å². The molecule has 20 rings (SSSR count). The second-order valence-electron chi connectivity index (χ2n) is 28.0. The number of nitrogens with zero attached hydrogens (tertiary/aromatic N) is 5. The Hall–Kier alpha value is -11.4. The summed E-state index contributed by atoms with van der Waals surface area (Å²) >= 11 is 0. The number of hydrogen-bond donors (Lipinski definition) is 0. The molecule has 94 heavy (non-hydrogen) atoms. The van der Waals surface area contributed by atoms with Crippen LogP contribution in [0.5, 0.6) is 0 Å². The van der Waals surface area contributed by atoms with Crippen molar-refractivity contribution in [3.8, 4) is 84.2 Å². The standard InChI is InChI=1S/C89H63N5/c1-87(2)66-28-13-7-22-59(66)79-69(87)43-47-76-82(79)62-25-10-16-31-73(62)92(76)56-39-34-52(35-40-56)54-38-46-72-65(51-54)85(53-36-41-57(42-37-53)93-74-32-17-11-26-63(74)83-77(93)48-44-70-80(83)60-23-8-14-29-67(60)88(70,3)4)91-86(90-72)55-20-19-21-58(50-55)94-75-33-18-12-27-64(75)84-78(94)49-45-71-81(84)61-24-9-15-30-68(61)89(71,5)6/h7-51H,1-6H3. The van der Waals surface area contributed by atoms with Gasteiger partial charge in [-0.1, -0.05) is 230 Å². The van der Waals surface area contributed by atoms with Crippen molar-refractivity contribution in [3.05, 3.63) is 306 Å². The molecule has 0 saturated heterocycles. The van der Waals surface area contributed by atoms with Gasteiger partial charge in [0, 0.05) is 82.1 Å². The number of benzene rings is 13. The van der Waals surface area contributed by atoms with Gasteiger partial charge in [-0.3, -0.25) is 0 Å². The van der Waals surface area contributed by atoms with Crippen molar-refractivity contribution < 1.29 is 0 Å². The molecule has 3 aliphatic rings. The van der Waals surface area contributed by atoms with Crippen molar-refractivity contribution >= 4 is 76.3 Å². The van der Waals surface area contributed by atoms with E-state index in [1.807, 2.05) is 0 Å². The zero-order valence-electron chi connectivity index (χ0n) is 53.2. The molecule has 4 aromatic heterocycles. The molecule has 0 aliphatic heterocycles. The van der Waals surface area contributed by atoms with E-state index >= 15 is 0 Å². The average molecular weight is 1200 g/mol. The summed E-state index contributed by atoms with van der Waals surface area (Å²) in [4.78, 5) is 11.2. The van der Waals surface area contributed by atoms with Gasteiger partial charge in [0.15, 0.2) is 5.82 Å². The highest BCUT2D eigenvalue weighted by Gasteiger charge is 2.40. The summed E-state index contributed by atoms with van der Waals surface area (Å²) in [6.07, 6.45) is 0. The average Bonchev–Trinajstić information content (AvgIpc) is 1.55. The van der Waals surface area contributed by atoms with Crippen LogP contribution in [0.15, 0.2) is 273 Å². The lowest BCUT2D eigenvalue weighted by Crippen LogP contribution is -2.14. The molecule has 3 aliphatic carbocycles. The van der Waals surface area contributed by atoms with E-state index in [1.54, 1.807) is 0 Å². The van der Waals surface area contributed by atoms with E-state index in [0.29, 0.717) is 5.82 Å². The molecule has 5 heteroatoms. The molecular weight excluding hydrogens is 1140 g/mol. The maximum Gasteiger partial charge on any atom is 0.160 e. The molecule has 4 heterocycles. The summed E-state index contributed by atoms with van der Waals surface area (Å²) in [6, 6.07) is 102. The maximum atomic E-state index is 5.70. The molecule has 0 N–H and O–H groups in total. The van der Waals surface area contributed by atoms with Gasteiger partial charge in [0.25, 0.3) is 0 Å². The van der Waals surface area contributed by atoms with Crippen molar-refractivity contribution in [1.82, 2.24) is 23.7 Å². The van der Waals surface area contributed by atoms with E-state index in [-0.39, 0.29) is 16.2 Å². The van der Waals surface area contributed by atoms with Gasteiger partial charge >= 0.3 is 0 Å². The summed E-state index contributed by atoms with van der Waals surface area (Å²) in [6.45, 7) is 14.2. The van der Waals surface area contributed by atoms with Crippen LogP contribution in [0.25, 0.3) is 161 Å². The fourth-order valence-corrected chi connectivity index (χ4v) is 17.6. The maximum absolute atomic E-state index is 5.70. The van der Waals surface area contributed by atoms with Crippen LogP contribution in [-0.4, -0.2) is 23.7 Å². The first-order chi connectivity index (χ1) is 45.9. The molecule has 0 bridgehead atoms. The number of aromatic nitrogens is 5. The second kappa shape index (κ2) is 18.9. The third kappa shape index (κ3) is 7.08. The van der Waals surface area contributed by atoms with E-state index < -0.39 is 0 Å². The third-order valence-corrected chi connectivity index (χ3v) is 22.1. The van der Waals surface area contributed by atoms with Crippen LogP contribution in [-0.2, 0) is 16.2 Å². The van der Waals surface area contributed by atoms with Crippen LogP contribution in [0, 0.1) is 0 Å². The lowest BCUT2D eigenvalue weighted by Gasteiger charge is -2.21. The van der Waals surface area contributed by atoms with Crippen LogP contribution in [0.3, 0.4) is 0 Å². The van der Waals surface area contributed by atoms with Gasteiger partial charge in [0.05, 0.1) is 44.3 Å². The van der Waals surface area contributed by atoms with Crippen molar-refractivity contribution in [3.63, 3.8) is 0 Å². The number of fused-ring (bicyclic) bond motifs is 22. The summed E-state index contributed by atoms with van der Waals surface area (Å²) < 4.78 is 7.34. The highest BCUT2D eigenvalue weighted by molar-refractivity contribution is 6.21. The topological polar surface area (TPSA) is 40.6 Å². The third-order valence-electron chi connectivity index (χ3n) is 22.1. The van der Waals surface area contributed by atoms with Crippen LogP contribution in [0.4, 0.5) is 0 Å². The van der Waals surface area contributed by atoms with E-state index in [2.05, 4.69) is 328 Å². The minimum Gasteiger partial charge on any atom is -0.309 e. The van der Waals surface area contributed by atoms with Gasteiger partial charge in [0.1, 0.15) is 0 Å². The lowest BCUT2D eigenvalue weighted by atomic mass is 9.82. The van der Waals surface area contributed by atoms with Crippen molar-refractivity contribution in [2.45, 2.75) is 57.8 Å². The molecule has 444 valence electrons. The lowest BCUT2D eigenvalue weighted by molar-refractivity contribution is 0.660. The Morgan fingerprint density at radius 3 is 1.11 bits per heavy atom. The van der Waals surface area contributed by atoms with Gasteiger partial charge < -0.3 is 13.7 Å². The zero-order chi connectivity index (χ0) is 62.7. The normalized spacial score (nSPS) is 14.5. The van der Waals surface area contributed by atoms with Crippen LogP contribution in [0.1, 0.15) is 74.9 Å². The highest BCUT2D eigenvalue weighted by atomic mass is 15.0. The van der Waals surface area contributed by atoms with Crippen LogP contribution >= 0.6 is 0 Å². The SMILES string of the molecule is CC1(C)c2ccccc2-c2c1ccc1c2c2ccccc2n1-c1ccc(-c2ccc3nc(-c4cccc(-n5c6ccccc6c6c7c(ccc65)C(C)(C)c5ccccc5-7)c4)nc(-c4ccc(-n5c6ccccc6c6c7c(ccc65)C(C)(C)c5ccccc5-7)cc4)c3c2)cc1. The molecule has 0 atom stereocenters. The summed E-state index contributed by atoms with van der Waals surface area (Å²) in [5.41, 5.74) is 32.4. The van der Waals surface area contributed by atoms with Gasteiger partial charge in [-0.2, -0.15) is 0 Å². The predicted molar refractivity (Wildman–Crippen MR) is 392 cm³/mol. The smallest absolute Gasteiger partial charge is 0.160 e. The molecule has 17 aromatic rings. The monoisotopic (exact) mass is 1200 g/mol. The minimum atomic E-state index is -0.113. The Balaban J connectivity index is 0.742. The van der Waals surface area contributed by atoms with E-state index in [4.69, 9.17) is 9.97 Å². The molecule has 0 fully saturated rings. The Morgan fingerprint density at radius 2 is 0.649 bits per heavy atom. The first-order valence-electron chi connectivity index (χ1n) is 33.1. The quantitative estimate of drug-likeness (QED) is 0.166. The van der Waals surface area contributed by atoms with Crippen LogP contribution < -0.4 is 0 Å². The molecule has 0 amide bonds. The molecule has 0 spiro atoms. The molecule has 0 unspecified atom stereocenters. The number of para-hydroxylation sites is 3. The first kappa shape index (κ1) is 53.3. The second-order valence-corrected chi connectivity index (χ2v) is 28.0. The summed E-state index contributed by atoms with van der Waals surface area (Å²) in [5, 5.41) is 8.67. The Morgan fingerprint density at radius 1 is 0.255 bits per heavy atom. The predicted octanol–water partition coefficient (Wildman–Crippen LogP) is 22.8. The van der Waals surface area contributed by atoms with Gasteiger partial charge in [-0.15, -0.1) is 0 Å². The largest absolute Gasteiger partial charge is 0.309 e. The Kier molecular flexibility index (Phi) is 10.7. The zero-order valence-corrected chi connectivity index (χ0v) is 53.2. The Bertz CT molecular complexity index is 6180. The molecule has 0 saturated carbocycles. The molecule has 5 nitrogen and oxygen atoms in total. The van der Waals surface area contributed by atoms with E-state index in [9.17, 15) is 0 Å². The molecular formula is C89H63N5. The fourth-order valence-electron chi connectivity index (χ4n) is 17.6. The van der Waals surface area contributed by atoms with Crippen molar-refractivity contribution in [1.29, 1.82) is 0 Å². The number of hydrogen-bond acceptors (Lipinski definition) is 2. The highest BCUT2D eigenvalue weighted by Crippen LogP contribution is 2.57. The summed E-state index contributed by atoms with van der Waals surface area (Å²) in [7, 11) is 0. The van der Waals surface area contributed by atoms with E-state index in [1.165, 1.54) is 132 Å². The van der Waals surface area contributed by atoms with Gasteiger partial charge in [-0.05, 0) is 163 Å². The molecule has 0 radical (unpaired) electrons. The van der Waals surface area contributed by atoms with Crippen molar-refractivity contribution in [2.75, 3.05) is 0 Å². The fraction of sp³-hybridized carbons (Fsp3) is 0.101.